The molecule has 1 aliphatic rings. The van der Waals surface area contributed by atoms with Gasteiger partial charge < -0.3 is 10.1 Å². The fourth-order valence-corrected chi connectivity index (χ4v) is 2.74. The molecule has 1 unspecified atom stereocenters. The predicted molar refractivity (Wildman–Crippen MR) is 78.5 cm³/mol. The van der Waals surface area contributed by atoms with Crippen LogP contribution in [0.1, 0.15) is 42.9 Å². The molecule has 6 nitrogen and oxygen atoms in total. The molecule has 2 aromatic rings. The van der Waals surface area contributed by atoms with Gasteiger partial charge in [0.1, 0.15) is 5.69 Å². The second-order valence-corrected chi connectivity index (χ2v) is 6.38. The molecule has 1 aliphatic heterocycles. The maximum Gasteiger partial charge on any atom is 0.433 e. The van der Waals surface area contributed by atoms with E-state index in [0.717, 1.165) is 25.1 Å². The SMILES string of the molecule is CC1(C)CCC(CNC(=O)c2cc3nccc(C(F)(F)F)n3n2)O1. The van der Waals surface area contributed by atoms with E-state index in [0.29, 0.717) is 4.52 Å². The van der Waals surface area contributed by atoms with Crippen molar-refractivity contribution in [1.29, 1.82) is 0 Å². The Labute approximate surface area is 136 Å². The average Bonchev–Trinajstić information content (AvgIpc) is 3.06. The number of carbonyl (C=O) groups excluding carboxylic acids is 1. The number of hydrogen-bond acceptors (Lipinski definition) is 4. The molecule has 0 aliphatic carbocycles. The number of carbonyl (C=O) groups is 1. The summed E-state index contributed by atoms with van der Waals surface area (Å²) in [5, 5.41) is 6.38. The van der Waals surface area contributed by atoms with E-state index in [2.05, 4.69) is 15.4 Å². The van der Waals surface area contributed by atoms with Crippen molar-refractivity contribution >= 4 is 11.6 Å². The van der Waals surface area contributed by atoms with E-state index in [9.17, 15) is 18.0 Å². The maximum absolute atomic E-state index is 12.9. The van der Waals surface area contributed by atoms with Crippen LogP contribution in [0.3, 0.4) is 0 Å². The number of aromatic nitrogens is 3. The number of amides is 1. The number of halogens is 3. The molecule has 3 heterocycles. The van der Waals surface area contributed by atoms with Gasteiger partial charge in [0.2, 0.25) is 0 Å². The second kappa shape index (κ2) is 5.73. The third-order valence-corrected chi connectivity index (χ3v) is 3.93. The average molecular weight is 342 g/mol. The molecule has 1 N–H and O–H groups in total. The van der Waals surface area contributed by atoms with Gasteiger partial charge in [-0.1, -0.05) is 0 Å². The number of fused-ring (bicyclic) bond motifs is 1. The summed E-state index contributed by atoms with van der Waals surface area (Å²) in [6, 6.07) is 2.04. The van der Waals surface area contributed by atoms with Gasteiger partial charge in [-0.3, -0.25) is 4.79 Å². The van der Waals surface area contributed by atoms with Crippen LogP contribution < -0.4 is 5.32 Å². The fourth-order valence-electron chi connectivity index (χ4n) is 2.74. The molecule has 0 saturated carbocycles. The standard InChI is InChI=1S/C15H17F3N4O2/c1-14(2)5-3-9(24-14)8-20-13(23)10-7-12-19-6-4-11(15(16,17)18)22(12)21-10/h4,6-7,9H,3,5,8H2,1-2H3,(H,20,23). The number of nitrogens with zero attached hydrogens (tertiary/aromatic N) is 3. The number of alkyl halides is 3. The smallest absolute Gasteiger partial charge is 0.371 e. The molecule has 130 valence electrons. The minimum Gasteiger partial charge on any atom is -0.371 e. The van der Waals surface area contributed by atoms with Gasteiger partial charge in [-0.25, -0.2) is 9.50 Å². The van der Waals surface area contributed by atoms with E-state index in [1.54, 1.807) is 0 Å². The molecule has 2 aromatic heterocycles. The number of hydrogen-bond donors (Lipinski definition) is 1. The van der Waals surface area contributed by atoms with Crippen molar-refractivity contribution in [3.05, 3.63) is 29.7 Å². The molecular formula is C15H17F3N4O2. The van der Waals surface area contributed by atoms with Gasteiger partial charge in [-0.2, -0.15) is 18.3 Å². The van der Waals surface area contributed by atoms with E-state index in [1.807, 2.05) is 13.8 Å². The lowest BCUT2D eigenvalue weighted by Gasteiger charge is -2.19. The summed E-state index contributed by atoms with van der Waals surface area (Å²) in [6.45, 7) is 4.23. The van der Waals surface area contributed by atoms with Crippen LogP contribution >= 0.6 is 0 Å². The molecule has 9 heteroatoms. The first-order valence-corrected chi connectivity index (χ1v) is 7.54. The minimum atomic E-state index is -4.58. The summed E-state index contributed by atoms with van der Waals surface area (Å²) in [5.41, 5.74) is -1.35. The van der Waals surface area contributed by atoms with Gasteiger partial charge in [0.15, 0.2) is 11.3 Å². The largest absolute Gasteiger partial charge is 0.433 e. The van der Waals surface area contributed by atoms with E-state index >= 15 is 0 Å². The Balaban J connectivity index is 1.74. The highest BCUT2D eigenvalue weighted by atomic mass is 19.4. The molecule has 0 aromatic carbocycles. The molecule has 3 rings (SSSR count). The molecule has 1 fully saturated rings. The van der Waals surface area contributed by atoms with Gasteiger partial charge in [-0.15, -0.1) is 0 Å². The molecule has 1 amide bonds. The van der Waals surface area contributed by atoms with Crippen LogP contribution in [0.5, 0.6) is 0 Å². The quantitative estimate of drug-likeness (QED) is 0.930. The highest BCUT2D eigenvalue weighted by Crippen LogP contribution is 2.30. The van der Waals surface area contributed by atoms with Gasteiger partial charge >= 0.3 is 6.18 Å². The Morgan fingerprint density at radius 2 is 2.25 bits per heavy atom. The Morgan fingerprint density at radius 1 is 1.50 bits per heavy atom. The molecule has 1 atom stereocenters. The van der Waals surface area contributed by atoms with Crippen molar-refractivity contribution in [3.63, 3.8) is 0 Å². The number of ether oxygens (including phenoxy) is 1. The molecule has 0 bridgehead atoms. The third kappa shape index (κ3) is 3.35. The van der Waals surface area contributed by atoms with Gasteiger partial charge in [0.25, 0.3) is 5.91 Å². The predicted octanol–water partition coefficient (Wildman–Crippen LogP) is 2.44. The first-order chi connectivity index (χ1) is 11.2. The zero-order chi connectivity index (χ0) is 17.5. The van der Waals surface area contributed by atoms with Crippen LogP contribution in [0, 0.1) is 0 Å². The van der Waals surface area contributed by atoms with Crippen molar-refractivity contribution in [1.82, 2.24) is 19.9 Å². The molecule has 0 radical (unpaired) electrons. The first kappa shape index (κ1) is 16.7. The molecule has 0 spiro atoms. The lowest BCUT2D eigenvalue weighted by atomic mass is 10.1. The van der Waals surface area contributed by atoms with Crippen molar-refractivity contribution < 1.29 is 22.7 Å². The fraction of sp³-hybridized carbons (Fsp3) is 0.533. The summed E-state index contributed by atoms with van der Waals surface area (Å²) in [5.74, 6) is -0.554. The van der Waals surface area contributed by atoms with Crippen molar-refractivity contribution in [2.75, 3.05) is 6.54 Å². The Kier molecular flexibility index (Phi) is 3.98. The first-order valence-electron chi connectivity index (χ1n) is 7.54. The van der Waals surface area contributed by atoms with Gasteiger partial charge in [0.05, 0.1) is 11.7 Å². The van der Waals surface area contributed by atoms with Crippen LogP contribution in [0.15, 0.2) is 18.3 Å². The lowest BCUT2D eigenvalue weighted by molar-refractivity contribution is -0.142. The summed E-state index contributed by atoms with van der Waals surface area (Å²) in [6.07, 6.45) is -1.94. The van der Waals surface area contributed by atoms with Crippen molar-refractivity contribution in [2.45, 2.75) is 44.6 Å². The highest BCUT2D eigenvalue weighted by Gasteiger charge is 2.35. The maximum atomic E-state index is 12.9. The number of rotatable bonds is 3. The lowest BCUT2D eigenvalue weighted by Crippen LogP contribution is -2.33. The molecule has 24 heavy (non-hydrogen) atoms. The van der Waals surface area contributed by atoms with E-state index in [1.165, 1.54) is 6.07 Å². The number of nitrogens with one attached hydrogen (secondary N) is 1. The van der Waals surface area contributed by atoms with Crippen LogP contribution in [0.4, 0.5) is 13.2 Å². The monoisotopic (exact) mass is 342 g/mol. The van der Waals surface area contributed by atoms with Gasteiger partial charge in [0, 0.05) is 18.8 Å². The van der Waals surface area contributed by atoms with Crippen LogP contribution in [-0.2, 0) is 10.9 Å². The Morgan fingerprint density at radius 3 is 2.88 bits per heavy atom. The normalized spacial score (nSPS) is 20.5. The van der Waals surface area contributed by atoms with E-state index < -0.39 is 17.8 Å². The summed E-state index contributed by atoms with van der Waals surface area (Å²) >= 11 is 0. The van der Waals surface area contributed by atoms with E-state index in [4.69, 9.17) is 4.74 Å². The Bertz CT molecular complexity index is 770. The third-order valence-electron chi connectivity index (χ3n) is 3.93. The second-order valence-electron chi connectivity index (χ2n) is 6.38. The zero-order valence-corrected chi connectivity index (χ0v) is 13.2. The van der Waals surface area contributed by atoms with Crippen molar-refractivity contribution in [2.24, 2.45) is 0 Å². The van der Waals surface area contributed by atoms with Crippen LogP contribution in [-0.4, -0.2) is 38.8 Å². The van der Waals surface area contributed by atoms with Crippen LogP contribution in [0.25, 0.3) is 5.65 Å². The topological polar surface area (TPSA) is 68.5 Å². The summed E-state index contributed by atoms with van der Waals surface area (Å²) < 4.78 is 45.2. The van der Waals surface area contributed by atoms with E-state index in [-0.39, 0.29) is 29.6 Å². The molecular weight excluding hydrogens is 325 g/mol. The highest BCUT2D eigenvalue weighted by molar-refractivity contribution is 5.93. The van der Waals surface area contributed by atoms with Gasteiger partial charge in [-0.05, 0) is 32.8 Å². The minimum absolute atomic E-state index is 0.0341. The zero-order valence-electron chi connectivity index (χ0n) is 13.2. The van der Waals surface area contributed by atoms with Crippen molar-refractivity contribution in [3.8, 4) is 0 Å². The molecule has 1 saturated heterocycles. The summed E-state index contributed by atoms with van der Waals surface area (Å²) in [7, 11) is 0. The summed E-state index contributed by atoms with van der Waals surface area (Å²) in [4.78, 5) is 16.0. The van der Waals surface area contributed by atoms with Crippen LogP contribution in [0.2, 0.25) is 0 Å². The Hall–Kier alpha value is -2.16.